The van der Waals surface area contributed by atoms with Crippen molar-refractivity contribution in [1.29, 1.82) is 0 Å². The second-order valence-electron chi connectivity index (χ2n) is 6.53. The summed E-state index contributed by atoms with van der Waals surface area (Å²) in [6.45, 7) is 1.06. The summed E-state index contributed by atoms with van der Waals surface area (Å²) in [5, 5.41) is 10.3. The summed E-state index contributed by atoms with van der Waals surface area (Å²) in [4.78, 5) is 10.9. The quantitative estimate of drug-likeness (QED) is 0.771. The molecule has 3 N–H and O–H groups in total. The van der Waals surface area contributed by atoms with Gasteiger partial charge in [0.1, 0.15) is 0 Å². The van der Waals surface area contributed by atoms with Gasteiger partial charge in [0.25, 0.3) is 0 Å². The molecule has 0 radical (unpaired) electrons. The minimum absolute atomic E-state index is 0.164. The second-order valence-corrected chi connectivity index (χ2v) is 6.53. The minimum atomic E-state index is -0.746. The molecule has 1 atom stereocenters. The first-order chi connectivity index (χ1) is 11.1. The molecule has 0 aliphatic heterocycles. The SMILES string of the molecule is NC(=O)OCC1(CC(O)COCc2ccccc2)CCCCC1. The number of rotatable bonds is 8. The number of carbonyl (C=O) groups excluding carboxylic acids is 1. The fraction of sp³-hybridized carbons (Fsp3) is 0.611. The van der Waals surface area contributed by atoms with E-state index in [4.69, 9.17) is 15.2 Å². The van der Waals surface area contributed by atoms with E-state index in [9.17, 15) is 9.90 Å². The summed E-state index contributed by atoms with van der Waals surface area (Å²) in [6.07, 6.45) is 4.57. The van der Waals surface area contributed by atoms with Crippen molar-refractivity contribution in [2.24, 2.45) is 11.1 Å². The van der Waals surface area contributed by atoms with Crippen LogP contribution in [0, 0.1) is 5.41 Å². The topological polar surface area (TPSA) is 81.8 Å². The summed E-state index contributed by atoms with van der Waals surface area (Å²) in [5.41, 5.74) is 6.02. The van der Waals surface area contributed by atoms with Crippen LogP contribution < -0.4 is 5.73 Å². The van der Waals surface area contributed by atoms with Gasteiger partial charge < -0.3 is 20.3 Å². The number of amides is 1. The molecule has 5 nitrogen and oxygen atoms in total. The lowest BCUT2D eigenvalue weighted by molar-refractivity contribution is -0.0260. The van der Waals surface area contributed by atoms with Crippen LogP contribution in [0.15, 0.2) is 30.3 Å². The highest BCUT2D eigenvalue weighted by atomic mass is 16.5. The molecule has 5 heteroatoms. The van der Waals surface area contributed by atoms with Crippen LogP contribution in [0.2, 0.25) is 0 Å². The lowest BCUT2D eigenvalue weighted by Gasteiger charge is -2.38. The fourth-order valence-electron chi connectivity index (χ4n) is 3.38. The predicted octanol–water partition coefficient (Wildman–Crippen LogP) is 3.00. The number of ether oxygens (including phenoxy) is 2. The molecule has 1 saturated carbocycles. The van der Waals surface area contributed by atoms with Gasteiger partial charge in [-0.05, 0) is 24.8 Å². The second kappa shape index (κ2) is 8.89. The molecule has 1 fully saturated rings. The van der Waals surface area contributed by atoms with E-state index >= 15 is 0 Å². The van der Waals surface area contributed by atoms with Crippen LogP contribution in [-0.4, -0.2) is 30.5 Å². The van der Waals surface area contributed by atoms with Gasteiger partial charge in [-0.3, -0.25) is 0 Å². The first kappa shape index (κ1) is 17.8. The molecule has 0 spiro atoms. The van der Waals surface area contributed by atoms with Crippen molar-refractivity contribution in [3.05, 3.63) is 35.9 Å². The third-order valence-electron chi connectivity index (χ3n) is 4.53. The van der Waals surface area contributed by atoms with E-state index in [-0.39, 0.29) is 18.6 Å². The Morgan fingerprint density at radius 3 is 2.57 bits per heavy atom. The highest BCUT2D eigenvalue weighted by Crippen LogP contribution is 2.40. The molecule has 1 aliphatic carbocycles. The molecule has 0 saturated heterocycles. The Bertz CT molecular complexity index is 471. The number of aliphatic hydroxyl groups is 1. The molecular formula is C18H27NO4. The van der Waals surface area contributed by atoms with Gasteiger partial charge in [0, 0.05) is 5.41 Å². The smallest absolute Gasteiger partial charge is 0.404 e. The molecule has 0 aromatic heterocycles. The van der Waals surface area contributed by atoms with Gasteiger partial charge >= 0.3 is 6.09 Å². The summed E-state index contributed by atoms with van der Waals surface area (Å²) in [6, 6.07) is 9.88. The van der Waals surface area contributed by atoms with Crippen molar-refractivity contribution in [3.63, 3.8) is 0 Å². The maximum Gasteiger partial charge on any atom is 0.404 e. The average Bonchev–Trinajstić information content (AvgIpc) is 2.55. The van der Waals surface area contributed by atoms with Crippen molar-refractivity contribution in [1.82, 2.24) is 0 Å². The molecule has 1 unspecified atom stereocenters. The van der Waals surface area contributed by atoms with Gasteiger partial charge in [0.05, 0.1) is 25.9 Å². The fourth-order valence-corrected chi connectivity index (χ4v) is 3.38. The predicted molar refractivity (Wildman–Crippen MR) is 87.8 cm³/mol. The molecule has 2 rings (SSSR count). The number of hydrogen-bond donors (Lipinski definition) is 2. The molecule has 1 aromatic rings. The van der Waals surface area contributed by atoms with E-state index in [2.05, 4.69) is 0 Å². The Morgan fingerprint density at radius 2 is 1.91 bits per heavy atom. The summed E-state index contributed by atoms with van der Waals surface area (Å²) < 4.78 is 10.7. The van der Waals surface area contributed by atoms with Crippen LogP contribution in [-0.2, 0) is 16.1 Å². The zero-order valence-electron chi connectivity index (χ0n) is 13.6. The van der Waals surface area contributed by atoms with Gasteiger partial charge in [-0.1, -0.05) is 49.6 Å². The van der Waals surface area contributed by atoms with Crippen molar-refractivity contribution >= 4 is 6.09 Å². The summed E-state index contributed by atoms with van der Waals surface area (Å²) in [5.74, 6) is 0. The maximum absolute atomic E-state index is 10.9. The number of hydrogen-bond acceptors (Lipinski definition) is 4. The van der Waals surface area contributed by atoms with Gasteiger partial charge in [0.2, 0.25) is 0 Å². The largest absolute Gasteiger partial charge is 0.449 e. The van der Waals surface area contributed by atoms with Crippen LogP contribution in [0.4, 0.5) is 4.79 Å². The van der Waals surface area contributed by atoms with Crippen molar-refractivity contribution in [3.8, 4) is 0 Å². The van der Waals surface area contributed by atoms with E-state index < -0.39 is 12.2 Å². The lowest BCUT2D eigenvalue weighted by atomic mass is 9.71. The Morgan fingerprint density at radius 1 is 1.22 bits per heavy atom. The van der Waals surface area contributed by atoms with E-state index in [0.29, 0.717) is 13.0 Å². The molecule has 1 aliphatic rings. The van der Waals surface area contributed by atoms with Gasteiger partial charge in [-0.25, -0.2) is 4.79 Å². The lowest BCUT2D eigenvalue weighted by Crippen LogP contribution is -2.36. The number of nitrogens with two attached hydrogens (primary N) is 1. The summed E-state index contributed by atoms with van der Waals surface area (Å²) in [7, 11) is 0. The van der Waals surface area contributed by atoms with Crippen molar-refractivity contribution in [2.45, 2.75) is 51.2 Å². The van der Waals surface area contributed by atoms with Gasteiger partial charge in [-0.15, -0.1) is 0 Å². The molecule has 0 bridgehead atoms. The number of carbonyl (C=O) groups is 1. The van der Waals surface area contributed by atoms with E-state index in [1.807, 2.05) is 30.3 Å². The molecule has 23 heavy (non-hydrogen) atoms. The molecule has 128 valence electrons. The van der Waals surface area contributed by atoms with Crippen LogP contribution in [0.3, 0.4) is 0 Å². The third kappa shape index (κ3) is 6.20. The highest BCUT2D eigenvalue weighted by molar-refractivity contribution is 5.64. The first-order valence-corrected chi connectivity index (χ1v) is 8.32. The number of primary amides is 1. The van der Waals surface area contributed by atoms with Gasteiger partial charge in [-0.2, -0.15) is 0 Å². The number of benzene rings is 1. The zero-order valence-corrected chi connectivity index (χ0v) is 13.6. The first-order valence-electron chi connectivity index (χ1n) is 8.32. The van der Waals surface area contributed by atoms with Crippen molar-refractivity contribution < 1.29 is 19.4 Å². The minimum Gasteiger partial charge on any atom is -0.449 e. The standard InChI is InChI=1S/C18H27NO4/c19-17(21)23-14-18(9-5-2-6-10-18)11-16(20)13-22-12-15-7-3-1-4-8-15/h1,3-4,7-8,16,20H,2,5-6,9-14H2,(H2,19,21). The summed E-state index contributed by atoms with van der Waals surface area (Å²) >= 11 is 0. The average molecular weight is 321 g/mol. The molecule has 1 aromatic carbocycles. The van der Waals surface area contributed by atoms with Crippen LogP contribution in [0.1, 0.15) is 44.1 Å². The number of aliphatic hydroxyl groups excluding tert-OH is 1. The van der Waals surface area contributed by atoms with Crippen molar-refractivity contribution in [2.75, 3.05) is 13.2 Å². The Balaban J connectivity index is 1.79. The van der Waals surface area contributed by atoms with Crippen LogP contribution >= 0.6 is 0 Å². The van der Waals surface area contributed by atoms with Crippen LogP contribution in [0.25, 0.3) is 0 Å². The maximum atomic E-state index is 10.9. The molecule has 0 heterocycles. The Kier molecular flexibility index (Phi) is 6.86. The van der Waals surface area contributed by atoms with Gasteiger partial charge in [0.15, 0.2) is 0 Å². The zero-order chi connectivity index (χ0) is 16.5. The monoisotopic (exact) mass is 321 g/mol. The van der Waals surface area contributed by atoms with E-state index in [1.54, 1.807) is 0 Å². The van der Waals surface area contributed by atoms with E-state index in [0.717, 1.165) is 31.2 Å². The normalized spacial score (nSPS) is 18.3. The van der Waals surface area contributed by atoms with Crippen LogP contribution in [0.5, 0.6) is 0 Å². The molecule has 1 amide bonds. The van der Waals surface area contributed by atoms with E-state index in [1.165, 1.54) is 6.42 Å². The third-order valence-corrected chi connectivity index (χ3v) is 4.53. The Hall–Kier alpha value is -1.59. The molecular weight excluding hydrogens is 294 g/mol. The Labute approximate surface area is 137 Å². The highest BCUT2D eigenvalue weighted by Gasteiger charge is 2.35.